The molecule has 1 heterocycles. The van der Waals surface area contributed by atoms with Gasteiger partial charge < -0.3 is 10.6 Å². The van der Waals surface area contributed by atoms with E-state index in [1.807, 2.05) is 31.2 Å². The number of hydrogen-bond donors (Lipinski definition) is 3. The predicted molar refractivity (Wildman–Crippen MR) is 82.8 cm³/mol. The highest BCUT2D eigenvalue weighted by Gasteiger charge is 2.08. The summed E-state index contributed by atoms with van der Waals surface area (Å²) in [6.07, 6.45) is 2.19. The van der Waals surface area contributed by atoms with Gasteiger partial charge in [0, 0.05) is 5.69 Å². The first-order valence-electron chi connectivity index (χ1n) is 6.46. The molecule has 1 amide bonds. The smallest absolute Gasteiger partial charge is 0.285 e. The fraction of sp³-hybridized carbons (Fsp3) is 0.214. The molecule has 3 N–H and O–H groups in total. The van der Waals surface area contributed by atoms with Crippen LogP contribution in [-0.2, 0) is 11.2 Å². The van der Waals surface area contributed by atoms with E-state index in [9.17, 15) is 9.59 Å². The van der Waals surface area contributed by atoms with Gasteiger partial charge in [-0.3, -0.25) is 9.59 Å². The van der Waals surface area contributed by atoms with Crippen molar-refractivity contribution in [2.75, 3.05) is 17.2 Å². The number of benzene rings is 1. The van der Waals surface area contributed by atoms with E-state index in [2.05, 4.69) is 20.8 Å². The van der Waals surface area contributed by atoms with E-state index in [0.717, 1.165) is 17.7 Å². The molecule has 0 aliphatic carbocycles. The number of hydrogen-bond acceptors (Lipinski definition) is 4. The van der Waals surface area contributed by atoms with Gasteiger partial charge in [0.05, 0.1) is 18.4 Å². The predicted octanol–water partition coefficient (Wildman–Crippen LogP) is 2.04. The Morgan fingerprint density at radius 1 is 1.33 bits per heavy atom. The van der Waals surface area contributed by atoms with Crippen LogP contribution in [0.25, 0.3) is 0 Å². The molecule has 0 aliphatic heterocycles. The third kappa shape index (κ3) is 3.82. The van der Waals surface area contributed by atoms with E-state index in [0.29, 0.717) is 5.69 Å². The molecule has 0 unspecified atom stereocenters. The van der Waals surface area contributed by atoms with Crippen LogP contribution < -0.4 is 16.2 Å². The number of halogens is 1. The highest BCUT2D eigenvalue weighted by Crippen LogP contribution is 2.16. The lowest BCUT2D eigenvalue weighted by atomic mass is 10.1. The summed E-state index contributed by atoms with van der Waals surface area (Å²) in [4.78, 5) is 23.2. The van der Waals surface area contributed by atoms with Gasteiger partial charge in [-0.25, -0.2) is 5.10 Å². The Hall–Kier alpha value is -2.34. The minimum Gasteiger partial charge on any atom is -0.373 e. The Morgan fingerprint density at radius 3 is 2.86 bits per heavy atom. The lowest BCUT2D eigenvalue weighted by Crippen LogP contribution is -2.23. The zero-order valence-electron chi connectivity index (χ0n) is 11.4. The Balaban J connectivity index is 1.99. The monoisotopic (exact) mass is 306 g/mol. The summed E-state index contributed by atoms with van der Waals surface area (Å²) in [5.74, 6) is -0.229. The van der Waals surface area contributed by atoms with Crippen molar-refractivity contribution in [3.05, 3.63) is 51.4 Å². The first-order chi connectivity index (χ1) is 10.1. The molecule has 7 heteroatoms. The minimum atomic E-state index is -0.501. The van der Waals surface area contributed by atoms with Crippen LogP contribution in [0, 0.1) is 0 Å². The number of carbonyl (C=O) groups excluding carboxylic acids is 1. The standard InChI is InChI=1S/C14H15ClN4O2/c1-2-9-5-3-4-6-10(9)18-12(20)8-16-11-7-17-19-14(21)13(11)15/h3-7H,2,8H2,1H3,(H,18,20)(H2,16,19,21). The van der Waals surface area contributed by atoms with Gasteiger partial charge in [0.15, 0.2) is 0 Å². The zero-order chi connectivity index (χ0) is 15.2. The third-order valence-electron chi connectivity index (χ3n) is 2.91. The van der Waals surface area contributed by atoms with E-state index in [1.54, 1.807) is 0 Å². The van der Waals surface area contributed by atoms with Gasteiger partial charge in [0.1, 0.15) is 5.02 Å². The highest BCUT2D eigenvalue weighted by atomic mass is 35.5. The van der Waals surface area contributed by atoms with E-state index >= 15 is 0 Å². The SMILES string of the molecule is CCc1ccccc1NC(=O)CNc1cn[nH]c(=O)c1Cl. The van der Waals surface area contributed by atoms with Gasteiger partial charge in [-0.2, -0.15) is 5.10 Å². The first kappa shape index (κ1) is 15.1. The van der Waals surface area contributed by atoms with E-state index < -0.39 is 5.56 Å². The summed E-state index contributed by atoms with van der Waals surface area (Å²) in [6.45, 7) is 2.01. The fourth-order valence-corrected chi connectivity index (χ4v) is 1.99. The molecule has 0 radical (unpaired) electrons. The zero-order valence-corrected chi connectivity index (χ0v) is 12.2. The van der Waals surface area contributed by atoms with Crippen LogP contribution in [0.5, 0.6) is 0 Å². The van der Waals surface area contributed by atoms with Gasteiger partial charge in [-0.1, -0.05) is 36.7 Å². The molecule has 110 valence electrons. The average Bonchev–Trinajstić information content (AvgIpc) is 2.49. The number of aromatic nitrogens is 2. The molecule has 0 saturated carbocycles. The molecule has 2 rings (SSSR count). The van der Waals surface area contributed by atoms with E-state index in [1.165, 1.54) is 6.20 Å². The molecule has 0 bridgehead atoms. The first-order valence-corrected chi connectivity index (χ1v) is 6.84. The van der Waals surface area contributed by atoms with Gasteiger partial charge in [-0.15, -0.1) is 0 Å². The van der Waals surface area contributed by atoms with Crippen molar-refractivity contribution >= 4 is 28.9 Å². The maximum Gasteiger partial charge on any atom is 0.285 e. The van der Waals surface area contributed by atoms with Crippen LogP contribution in [0.3, 0.4) is 0 Å². The van der Waals surface area contributed by atoms with Crippen molar-refractivity contribution in [1.29, 1.82) is 0 Å². The van der Waals surface area contributed by atoms with Gasteiger partial charge in [0.2, 0.25) is 5.91 Å². The molecule has 6 nitrogen and oxygen atoms in total. The van der Waals surface area contributed by atoms with Crippen molar-refractivity contribution in [3.63, 3.8) is 0 Å². The molecule has 2 aromatic rings. The maximum atomic E-state index is 11.9. The number of nitrogens with zero attached hydrogens (tertiary/aromatic N) is 1. The number of amides is 1. The summed E-state index contributed by atoms with van der Waals surface area (Å²) >= 11 is 5.81. The molecule has 21 heavy (non-hydrogen) atoms. The van der Waals surface area contributed by atoms with Crippen LogP contribution in [0.15, 0.2) is 35.3 Å². The lowest BCUT2D eigenvalue weighted by Gasteiger charge is -2.11. The number of nitrogens with one attached hydrogen (secondary N) is 3. The minimum absolute atomic E-state index is 0.0110. The van der Waals surface area contributed by atoms with Crippen LogP contribution >= 0.6 is 11.6 Å². The van der Waals surface area contributed by atoms with Crippen LogP contribution in [-0.4, -0.2) is 22.6 Å². The van der Waals surface area contributed by atoms with E-state index in [4.69, 9.17) is 11.6 Å². The van der Waals surface area contributed by atoms with Crippen LogP contribution in [0.1, 0.15) is 12.5 Å². The molecular weight excluding hydrogens is 292 g/mol. The van der Waals surface area contributed by atoms with Crippen molar-refractivity contribution in [2.45, 2.75) is 13.3 Å². The summed E-state index contributed by atoms with van der Waals surface area (Å²) in [5.41, 5.74) is 1.65. The number of H-pyrrole nitrogens is 1. The molecule has 0 fully saturated rings. The Labute approximate surface area is 126 Å². The maximum absolute atomic E-state index is 11.9. The van der Waals surface area contributed by atoms with E-state index in [-0.39, 0.29) is 17.5 Å². The van der Waals surface area contributed by atoms with Crippen molar-refractivity contribution < 1.29 is 4.79 Å². The topological polar surface area (TPSA) is 86.9 Å². The number of para-hydroxylation sites is 1. The Kier molecular flexibility index (Phi) is 4.94. The molecular formula is C14H15ClN4O2. The largest absolute Gasteiger partial charge is 0.373 e. The molecule has 0 atom stereocenters. The molecule has 0 spiro atoms. The van der Waals surface area contributed by atoms with Gasteiger partial charge in [-0.05, 0) is 18.1 Å². The third-order valence-corrected chi connectivity index (χ3v) is 3.28. The summed E-state index contributed by atoms with van der Waals surface area (Å²) in [6, 6.07) is 7.59. The fourth-order valence-electron chi connectivity index (χ4n) is 1.83. The molecule has 1 aromatic carbocycles. The highest BCUT2D eigenvalue weighted by molar-refractivity contribution is 6.33. The normalized spacial score (nSPS) is 10.2. The molecule has 0 saturated heterocycles. The second-order valence-corrected chi connectivity index (χ2v) is 4.72. The second-order valence-electron chi connectivity index (χ2n) is 4.34. The van der Waals surface area contributed by atoms with Gasteiger partial charge >= 0.3 is 0 Å². The van der Waals surface area contributed by atoms with Crippen LogP contribution in [0.2, 0.25) is 5.02 Å². The van der Waals surface area contributed by atoms with Gasteiger partial charge in [0.25, 0.3) is 5.56 Å². The van der Waals surface area contributed by atoms with Crippen LogP contribution in [0.4, 0.5) is 11.4 Å². The van der Waals surface area contributed by atoms with Crippen molar-refractivity contribution in [3.8, 4) is 0 Å². The number of aryl methyl sites for hydroxylation is 1. The summed E-state index contributed by atoms with van der Waals surface area (Å²) in [7, 11) is 0. The Bertz CT molecular complexity index is 699. The number of anilines is 2. The Morgan fingerprint density at radius 2 is 2.10 bits per heavy atom. The summed E-state index contributed by atoms with van der Waals surface area (Å²) < 4.78 is 0. The number of carbonyl (C=O) groups is 1. The quantitative estimate of drug-likeness (QED) is 0.789. The van der Waals surface area contributed by atoms with Crippen molar-refractivity contribution in [1.82, 2.24) is 10.2 Å². The molecule has 1 aromatic heterocycles. The molecule has 0 aliphatic rings. The lowest BCUT2D eigenvalue weighted by molar-refractivity contribution is -0.114. The average molecular weight is 307 g/mol. The number of aromatic amines is 1. The van der Waals surface area contributed by atoms with Crippen molar-refractivity contribution in [2.24, 2.45) is 0 Å². The number of rotatable bonds is 5. The summed E-state index contributed by atoms with van der Waals surface area (Å²) in [5, 5.41) is 11.4. The second kappa shape index (κ2) is 6.90.